The second-order valence-electron chi connectivity index (χ2n) is 7.39. The first-order chi connectivity index (χ1) is 16.7. The number of hydrogen-bond acceptors (Lipinski definition) is 7. The molecule has 3 rings (SSSR count). The lowest BCUT2D eigenvalue weighted by atomic mass is 10.2. The van der Waals surface area contributed by atoms with E-state index in [1.165, 1.54) is 42.6 Å². The van der Waals surface area contributed by atoms with Crippen molar-refractivity contribution in [2.24, 2.45) is 5.10 Å². The normalized spacial score (nSPS) is 11.3. The zero-order chi connectivity index (χ0) is 25.4. The van der Waals surface area contributed by atoms with Gasteiger partial charge in [-0.05, 0) is 67.9 Å². The van der Waals surface area contributed by atoms with Gasteiger partial charge in [-0.15, -0.1) is 0 Å². The number of nitrogens with zero attached hydrogens (tertiary/aromatic N) is 3. The van der Waals surface area contributed by atoms with E-state index in [0.29, 0.717) is 17.9 Å². The molecule has 0 bridgehead atoms. The number of hydrogen-bond donors (Lipinski definition) is 1. The number of non-ortho nitro benzene ring substituents is 1. The van der Waals surface area contributed by atoms with E-state index >= 15 is 0 Å². The third kappa shape index (κ3) is 6.64. The Morgan fingerprint density at radius 1 is 1.06 bits per heavy atom. The summed E-state index contributed by atoms with van der Waals surface area (Å²) in [4.78, 5) is 22.9. The Labute approximate surface area is 203 Å². The van der Waals surface area contributed by atoms with Crippen LogP contribution in [0.4, 0.5) is 11.4 Å². The maximum atomic E-state index is 13.4. The summed E-state index contributed by atoms with van der Waals surface area (Å²) in [6.07, 6.45) is 1.30. The number of ether oxygens (including phenoxy) is 1. The van der Waals surface area contributed by atoms with Gasteiger partial charge in [0.25, 0.3) is 21.6 Å². The Hall–Kier alpha value is -4.25. The number of nitro groups is 1. The number of hydrazone groups is 1. The molecule has 0 spiro atoms. The monoisotopic (exact) mass is 496 g/mol. The van der Waals surface area contributed by atoms with Crippen molar-refractivity contribution in [3.8, 4) is 5.75 Å². The maximum absolute atomic E-state index is 13.4. The van der Waals surface area contributed by atoms with E-state index in [2.05, 4.69) is 10.5 Å². The summed E-state index contributed by atoms with van der Waals surface area (Å²) in [5.41, 5.74) is 3.93. The van der Waals surface area contributed by atoms with Gasteiger partial charge in [0.15, 0.2) is 0 Å². The SMILES string of the molecule is CCOc1ccc(N(CC(=O)N/N=C/c2ccc([N+](=O)[O-])cc2)S(=O)(=O)c2ccc(C)cc2)cc1. The van der Waals surface area contributed by atoms with Crippen LogP contribution in [0.3, 0.4) is 0 Å². The van der Waals surface area contributed by atoms with Gasteiger partial charge in [-0.2, -0.15) is 5.10 Å². The predicted molar refractivity (Wildman–Crippen MR) is 132 cm³/mol. The molecule has 11 heteroatoms. The van der Waals surface area contributed by atoms with E-state index < -0.39 is 27.4 Å². The lowest BCUT2D eigenvalue weighted by Gasteiger charge is -2.24. The molecule has 35 heavy (non-hydrogen) atoms. The molecule has 0 unspecified atom stereocenters. The Bertz CT molecular complexity index is 1310. The van der Waals surface area contributed by atoms with Crippen LogP contribution in [0.5, 0.6) is 5.75 Å². The standard InChI is InChI=1S/C24H24N4O6S/c1-3-34-22-12-10-20(11-13-22)27(35(32,33)23-14-4-18(2)5-15-23)17-24(29)26-25-16-19-6-8-21(9-7-19)28(30)31/h4-16H,3,17H2,1-2H3,(H,26,29)/b25-16+. The predicted octanol–water partition coefficient (Wildman–Crippen LogP) is 3.65. The van der Waals surface area contributed by atoms with E-state index in [1.807, 2.05) is 13.8 Å². The zero-order valence-electron chi connectivity index (χ0n) is 19.1. The van der Waals surface area contributed by atoms with Crippen molar-refractivity contribution in [2.45, 2.75) is 18.7 Å². The highest BCUT2D eigenvalue weighted by molar-refractivity contribution is 7.92. The molecule has 0 saturated heterocycles. The second kappa shape index (κ2) is 11.3. The molecule has 0 aliphatic rings. The minimum atomic E-state index is -4.07. The van der Waals surface area contributed by atoms with Gasteiger partial charge in [0.2, 0.25) is 0 Å². The van der Waals surface area contributed by atoms with Gasteiger partial charge in [-0.3, -0.25) is 19.2 Å². The van der Waals surface area contributed by atoms with Gasteiger partial charge in [0.1, 0.15) is 12.3 Å². The molecule has 0 saturated carbocycles. The topological polar surface area (TPSA) is 131 Å². The van der Waals surface area contributed by atoms with E-state index in [0.717, 1.165) is 9.87 Å². The fourth-order valence-electron chi connectivity index (χ4n) is 3.05. The van der Waals surface area contributed by atoms with Crippen LogP contribution in [0.1, 0.15) is 18.1 Å². The van der Waals surface area contributed by atoms with Gasteiger partial charge in [0, 0.05) is 12.1 Å². The van der Waals surface area contributed by atoms with E-state index in [4.69, 9.17) is 4.74 Å². The highest BCUT2D eigenvalue weighted by atomic mass is 32.2. The maximum Gasteiger partial charge on any atom is 0.269 e. The minimum Gasteiger partial charge on any atom is -0.494 e. The molecule has 3 aromatic rings. The molecule has 0 radical (unpaired) electrons. The molecule has 1 amide bonds. The smallest absolute Gasteiger partial charge is 0.269 e. The number of nitro benzene ring substituents is 1. The fourth-order valence-corrected chi connectivity index (χ4v) is 4.48. The lowest BCUT2D eigenvalue weighted by Crippen LogP contribution is -2.39. The summed E-state index contributed by atoms with van der Waals surface area (Å²) in [6, 6.07) is 18.3. The van der Waals surface area contributed by atoms with Crippen LogP contribution < -0.4 is 14.5 Å². The number of aryl methyl sites for hydroxylation is 1. The molecule has 0 aliphatic heterocycles. The average Bonchev–Trinajstić information content (AvgIpc) is 2.84. The van der Waals surface area contributed by atoms with Crippen LogP contribution in [0, 0.1) is 17.0 Å². The van der Waals surface area contributed by atoms with Crippen molar-refractivity contribution < 1.29 is 22.9 Å². The first-order valence-electron chi connectivity index (χ1n) is 10.6. The lowest BCUT2D eigenvalue weighted by molar-refractivity contribution is -0.384. The van der Waals surface area contributed by atoms with Crippen molar-refractivity contribution in [1.29, 1.82) is 0 Å². The van der Waals surface area contributed by atoms with Crippen LogP contribution in [-0.4, -0.2) is 38.6 Å². The Morgan fingerprint density at radius 2 is 1.69 bits per heavy atom. The number of amides is 1. The van der Waals surface area contributed by atoms with Crippen LogP contribution in [-0.2, 0) is 14.8 Å². The molecular formula is C24H24N4O6S. The summed E-state index contributed by atoms with van der Waals surface area (Å²) < 4.78 is 33.2. The zero-order valence-corrected chi connectivity index (χ0v) is 19.9. The largest absolute Gasteiger partial charge is 0.494 e. The number of benzene rings is 3. The van der Waals surface area contributed by atoms with Gasteiger partial charge >= 0.3 is 0 Å². The molecule has 0 fully saturated rings. The van der Waals surface area contributed by atoms with Gasteiger partial charge in [-0.25, -0.2) is 13.8 Å². The van der Waals surface area contributed by atoms with E-state index in [1.54, 1.807) is 36.4 Å². The minimum absolute atomic E-state index is 0.0409. The van der Waals surface area contributed by atoms with Gasteiger partial charge < -0.3 is 4.74 Å². The third-order valence-electron chi connectivity index (χ3n) is 4.84. The molecule has 0 aliphatic carbocycles. The van der Waals surface area contributed by atoms with Crippen LogP contribution in [0.25, 0.3) is 0 Å². The Morgan fingerprint density at radius 3 is 2.26 bits per heavy atom. The number of carbonyl (C=O) groups is 1. The summed E-state index contributed by atoms with van der Waals surface area (Å²) in [5, 5.41) is 14.6. The van der Waals surface area contributed by atoms with Crippen LogP contribution in [0.2, 0.25) is 0 Å². The summed E-state index contributed by atoms with van der Waals surface area (Å²) in [5.74, 6) is -0.103. The number of sulfonamides is 1. The summed E-state index contributed by atoms with van der Waals surface area (Å²) >= 11 is 0. The van der Waals surface area contributed by atoms with Crippen molar-refractivity contribution >= 4 is 33.5 Å². The molecular weight excluding hydrogens is 472 g/mol. The van der Waals surface area contributed by atoms with Crippen LogP contribution >= 0.6 is 0 Å². The summed E-state index contributed by atoms with van der Waals surface area (Å²) in [6.45, 7) is 3.61. The molecule has 182 valence electrons. The van der Waals surface area contributed by atoms with Crippen molar-refractivity contribution in [3.63, 3.8) is 0 Å². The molecule has 0 atom stereocenters. The van der Waals surface area contributed by atoms with Gasteiger partial charge in [0.05, 0.1) is 28.3 Å². The molecule has 1 N–H and O–H groups in total. The fraction of sp³-hybridized carbons (Fsp3) is 0.167. The van der Waals surface area contributed by atoms with Crippen molar-refractivity contribution in [1.82, 2.24) is 5.43 Å². The Kier molecular flexibility index (Phi) is 8.16. The van der Waals surface area contributed by atoms with Crippen LogP contribution in [0.15, 0.2) is 82.8 Å². The number of rotatable bonds is 10. The second-order valence-corrected chi connectivity index (χ2v) is 9.26. The molecule has 0 aromatic heterocycles. The number of carbonyl (C=O) groups excluding carboxylic acids is 1. The third-order valence-corrected chi connectivity index (χ3v) is 6.63. The van der Waals surface area contributed by atoms with Gasteiger partial charge in [-0.1, -0.05) is 17.7 Å². The number of nitrogens with one attached hydrogen (secondary N) is 1. The molecule has 10 nitrogen and oxygen atoms in total. The molecule has 3 aromatic carbocycles. The van der Waals surface area contributed by atoms with Crippen molar-refractivity contribution in [2.75, 3.05) is 17.5 Å². The first-order valence-corrected chi connectivity index (χ1v) is 12.0. The van der Waals surface area contributed by atoms with Crippen molar-refractivity contribution in [3.05, 3.63) is 94.0 Å². The highest BCUT2D eigenvalue weighted by Gasteiger charge is 2.27. The quantitative estimate of drug-likeness (QED) is 0.259. The average molecular weight is 497 g/mol. The van der Waals surface area contributed by atoms with E-state index in [9.17, 15) is 23.3 Å². The summed E-state index contributed by atoms with van der Waals surface area (Å²) in [7, 11) is -4.07. The number of anilines is 1. The van der Waals surface area contributed by atoms with E-state index in [-0.39, 0.29) is 16.3 Å². The Balaban J connectivity index is 1.81. The molecule has 0 heterocycles. The first kappa shape index (κ1) is 25.4. The highest BCUT2D eigenvalue weighted by Crippen LogP contribution is 2.26.